The molecule has 1 atom stereocenters. The second-order valence-electron chi connectivity index (χ2n) is 6.65. The van der Waals surface area contributed by atoms with Crippen LogP contribution in [-0.2, 0) is 0 Å². The van der Waals surface area contributed by atoms with Crippen LogP contribution in [-0.4, -0.2) is 31.1 Å². The smallest absolute Gasteiger partial charge is 0.0388 e. The Balaban J connectivity index is 1.89. The first-order chi connectivity index (χ1) is 10.3. The molecule has 3 rings (SSSR count). The van der Waals surface area contributed by atoms with Gasteiger partial charge in [-0.15, -0.1) is 0 Å². The van der Waals surface area contributed by atoms with E-state index in [0.29, 0.717) is 6.04 Å². The Morgan fingerprint density at radius 1 is 1.14 bits per heavy atom. The molecular weight excluding hydrogens is 324 g/mol. The molecule has 1 N–H and O–H groups in total. The van der Waals surface area contributed by atoms with Crippen molar-refractivity contribution in [1.82, 2.24) is 10.2 Å². The molecule has 21 heavy (non-hydrogen) atoms. The average molecular weight is 351 g/mol. The second kappa shape index (κ2) is 7.26. The van der Waals surface area contributed by atoms with Gasteiger partial charge >= 0.3 is 0 Å². The molecule has 2 fully saturated rings. The lowest BCUT2D eigenvalue weighted by Gasteiger charge is -2.41. The highest BCUT2D eigenvalue weighted by atomic mass is 79.9. The van der Waals surface area contributed by atoms with E-state index in [1.54, 1.807) is 0 Å². The van der Waals surface area contributed by atoms with Crippen molar-refractivity contribution >= 4 is 15.9 Å². The molecule has 0 spiro atoms. The molecule has 3 heteroatoms. The zero-order valence-corrected chi connectivity index (χ0v) is 14.7. The molecule has 0 unspecified atom stereocenters. The van der Waals surface area contributed by atoms with Crippen LogP contribution in [0.15, 0.2) is 22.7 Å². The molecule has 1 saturated heterocycles. The van der Waals surface area contributed by atoms with Crippen LogP contribution in [0.4, 0.5) is 0 Å². The van der Waals surface area contributed by atoms with Crippen molar-refractivity contribution in [3.05, 3.63) is 33.8 Å². The first-order valence-electron chi connectivity index (χ1n) is 8.46. The van der Waals surface area contributed by atoms with Crippen LogP contribution >= 0.6 is 15.9 Å². The van der Waals surface area contributed by atoms with E-state index in [-0.39, 0.29) is 0 Å². The van der Waals surface area contributed by atoms with E-state index in [2.05, 4.69) is 51.3 Å². The zero-order chi connectivity index (χ0) is 14.7. The van der Waals surface area contributed by atoms with Gasteiger partial charge in [0.15, 0.2) is 0 Å². The van der Waals surface area contributed by atoms with E-state index in [0.717, 1.165) is 19.0 Å². The number of hydrogen-bond acceptors (Lipinski definition) is 2. The monoisotopic (exact) mass is 350 g/mol. The number of rotatable bonds is 3. The maximum absolute atomic E-state index is 3.84. The Hall–Kier alpha value is -0.380. The third-order valence-corrected chi connectivity index (χ3v) is 5.80. The summed E-state index contributed by atoms with van der Waals surface area (Å²) in [4.78, 5) is 2.72. The van der Waals surface area contributed by atoms with Gasteiger partial charge in [-0.3, -0.25) is 4.90 Å². The first kappa shape index (κ1) is 15.5. The largest absolute Gasteiger partial charge is 0.314 e. The van der Waals surface area contributed by atoms with Crippen LogP contribution in [0.1, 0.15) is 49.3 Å². The van der Waals surface area contributed by atoms with Crippen LogP contribution in [0.5, 0.6) is 0 Å². The topological polar surface area (TPSA) is 15.3 Å². The van der Waals surface area contributed by atoms with E-state index in [1.807, 2.05) is 0 Å². The molecule has 1 aromatic rings. The lowest BCUT2D eigenvalue weighted by atomic mass is 9.80. The highest BCUT2D eigenvalue weighted by molar-refractivity contribution is 9.10. The highest BCUT2D eigenvalue weighted by Crippen LogP contribution is 2.41. The molecule has 1 aliphatic carbocycles. The molecule has 0 radical (unpaired) electrons. The van der Waals surface area contributed by atoms with Crippen LogP contribution < -0.4 is 5.32 Å². The average Bonchev–Trinajstić information content (AvgIpc) is 2.52. The van der Waals surface area contributed by atoms with Crippen molar-refractivity contribution in [1.29, 1.82) is 0 Å². The standard InChI is InChI=1S/C18H27BrN2/c1-14-7-8-16(17(19)13-14)18(15-5-3-2-4-6-15)21-11-9-20-10-12-21/h7-8,13,15,18,20H,2-6,9-12H2,1H3/t18-/m1/s1. The molecule has 0 bridgehead atoms. The molecule has 1 aromatic carbocycles. The van der Waals surface area contributed by atoms with E-state index in [1.165, 1.54) is 60.8 Å². The fourth-order valence-corrected chi connectivity index (χ4v) is 4.76. The van der Waals surface area contributed by atoms with E-state index in [4.69, 9.17) is 0 Å². The lowest BCUT2D eigenvalue weighted by Crippen LogP contribution is -2.47. The molecule has 0 amide bonds. The van der Waals surface area contributed by atoms with Gasteiger partial charge in [-0.1, -0.05) is 47.3 Å². The summed E-state index contributed by atoms with van der Waals surface area (Å²) in [5.41, 5.74) is 2.85. The van der Waals surface area contributed by atoms with Gasteiger partial charge in [-0.25, -0.2) is 0 Å². The molecule has 1 heterocycles. The number of aryl methyl sites for hydroxylation is 1. The van der Waals surface area contributed by atoms with Crippen molar-refractivity contribution in [2.75, 3.05) is 26.2 Å². The summed E-state index contributed by atoms with van der Waals surface area (Å²) < 4.78 is 1.30. The summed E-state index contributed by atoms with van der Waals surface area (Å²) in [7, 11) is 0. The van der Waals surface area contributed by atoms with Gasteiger partial charge in [-0.2, -0.15) is 0 Å². The fourth-order valence-electron chi connectivity index (χ4n) is 4.03. The number of nitrogens with one attached hydrogen (secondary N) is 1. The summed E-state index contributed by atoms with van der Waals surface area (Å²) in [5, 5.41) is 3.49. The Morgan fingerprint density at radius 3 is 2.52 bits per heavy atom. The van der Waals surface area contributed by atoms with Crippen molar-refractivity contribution in [3.63, 3.8) is 0 Å². The van der Waals surface area contributed by atoms with Crippen molar-refractivity contribution in [2.24, 2.45) is 5.92 Å². The predicted octanol–water partition coefficient (Wildman–Crippen LogP) is 4.28. The number of hydrogen-bond donors (Lipinski definition) is 1. The molecule has 2 aliphatic rings. The van der Waals surface area contributed by atoms with E-state index < -0.39 is 0 Å². The minimum absolute atomic E-state index is 0.599. The maximum Gasteiger partial charge on any atom is 0.0388 e. The second-order valence-corrected chi connectivity index (χ2v) is 7.51. The quantitative estimate of drug-likeness (QED) is 0.874. The summed E-state index contributed by atoms with van der Waals surface area (Å²) in [6.07, 6.45) is 7.05. The van der Waals surface area contributed by atoms with Crippen LogP contribution in [0.2, 0.25) is 0 Å². The molecule has 2 nitrogen and oxygen atoms in total. The number of piperazine rings is 1. The van der Waals surface area contributed by atoms with Gasteiger partial charge in [0.05, 0.1) is 0 Å². The van der Waals surface area contributed by atoms with Gasteiger partial charge in [0.2, 0.25) is 0 Å². The van der Waals surface area contributed by atoms with E-state index in [9.17, 15) is 0 Å². The summed E-state index contributed by atoms with van der Waals surface area (Å²) >= 11 is 3.84. The number of nitrogens with zero attached hydrogens (tertiary/aromatic N) is 1. The molecule has 0 aromatic heterocycles. The van der Waals surface area contributed by atoms with Gasteiger partial charge in [0.25, 0.3) is 0 Å². The molecule has 1 aliphatic heterocycles. The first-order valence-corrected chi connectivity index (χ1v) is 9.26. The van der Waals surface area contributed by atoms with Gasteiger partial charge in [0, 0.05) is 36.7 Å². The van der Waals surface area contributed by atoms with Crippen LogP contribution in [0.25, 0.3) is 0 Å². The molecular formula is C18H27BrN2. The Labute approximate surface area is 137 Å². The Morgan fingerprint density at radius 2 is 1.86 bits per heavy atom. The van der Waals surface area contributed by atoms with E-state index >= 15 is 0 Å². The van der Waals surface area contributed by atoms with Gasteiger partial charge < -0.3 is 5.32 Å². The van der Waals surface area contributed by atoms with Gasteiger partial charge in [0.1, 0.15) is 0 Å². The third kappa shape index (κ3) is 3.69. The summed E-state index contributed by atoms with van der Waals surface area (Å²) in [5.74, 6) is 0.829. The van der Waals surface area contributed by atoms with Crippen LogP contribution in [0, 0.1) is 12.8 Å². The summed E-state index contributed by atoms with van der Waals surface area (Å²) in [6, 6.07) is 7.52. The lowest BCUT2D eigenvalue weighted by molar-refractivity contribution is 0.103. The minimum Gasteiger partial charge on any atom is -0.314 e. The zero-order valence-electron chi connectivity index (χ0n) is 13.1. The molecule has 1 saturated carbocycles. The van der Waals surface area contributed by atoms with Crippen molar-refractivity contribution in [2.45, 2.75) is 45.1 Å². The van der Waals surface area contributed by atoms with Crippen LogP contribution in [0.3, 0.4) is 0 Å². The minimum atomic E-state index is 0.599. The Kier molecular flexibility index (Phi) is 5.36. The molecule has 116 valence electrons. The van der Waals surface area contributed by atoms with Crippen molar-refractivity contribution < 1.29 is 0 Å². The predicted molar refractivity (Wildman–Crippen MR) is 92.6 cm³/mol. The number of halogens is 1. The highest BCUT2D eigenvalue weighted by Gasteiger charge is 2.31. The number of benzene rings is 1. The van der Waals surface area contributed by atoms with Gasteiger partial charge in [-0.05, 0) is 42.9 Å². The fraction of sp³-hybridized carbons (Fsp3) is 0.667. The summed E-state index contributed by atoms with van der Waals surface area (Å²) in [6.45, 7) is 6.80. The maximum atomic E-state index is 3.84. The normalized spacial score (nSPS) is 23.1. The third-order valence-electron chi connectivity index (χ3n) is 5.12. The SMILES string of the molecule is Cc1ccc([C@@H](C2CCCCC2)N2CCNCC2)c(Br)c1. The van der Waals surface area contributed by atoms with Crippen molar-refractivity contribution in [3.8, 4) is 0 Å². The Bertz CT molecular complexity index is 444.